The van der Waals surface area contributed by atoms with Crippen LogP contribution < -0.4 is 5.32 Å². The highest BCUT2D eigenvalue weighted by Gasteiger charge is 2.17. The van der Waals surface area contributed by atoms with Crippen molar-refractivity contribution < 1.29 is 0 Å². The van der Waals surface area contributed by atoms with Gasteiger partial charge in [-0.15, -0.1) is 9.45 Å². The van der Waals surface area contributed by atoms with E-state index in [9.17, 15) is 0 Å². The van der Waals surface area contributed by atoms with Crippen molar-refractivity contribution in [2.75, 3.05) is 19.8 Å². The van der Waals surface area contributed by atoms with Gasteiger partial charge in [-0.1, -0.05) is 11.2 Å². The first kappa shape index (κ1) is 9.53. The van der Waals surface area contributed by atoms with Gasteiger partial charge in [-0.25, -0.2) is 0 Å². The second-order valence-corrected chi connectivity index (χ2v) is 6.26. The van der Waals surface area contributed by atoms with Crippen molar-refractivity contribution in [2.24, 2.45) is 0 Å². The van der Waals surface area contributed by atoms with Crippen molar-refractivity contribution in [1.82, 2.24) is 5.32 Å². The first-order valence-corrected chi connectivity index (χ1v) is 5.54. The Morgan fingerprint density at radius 1 is 1.56 bits per heavy atom. The first-order chi connectivity index (χ1) is 4.00. The number of hydrogen-bond acceptors (Lipinski definition) is 2. The molecule has 0 aliphatic heterocycles. The van der Waals surface area contributed by atoms with Crippen molar-refractivity contribution in [3.8, 4) is 0 Å². The predicted molar refractivity (Wildman–Crippen MR) is 48.7 cm³/mol. The molecule has 1 nitrogen and oxygen atoms in total. The third-order valence-electron chi connectivity index (χ3n) is 1.38. The highest BCUT2D eigenvalue weighted by molar-refractivity contribution is 8.29. The Kier molecular flexibility index (Phi) is 3.85. The zero-order valence-electron chi connectivity index (χ0n) is 6.52. The molecular weight excluding hydrogens is 150 g/mol. The lowest BCUT2D eigenvalue weighted by Gasteiger charge is -2.23. The molecule has 56 valence electrons. The first-order valence-electron chi connectivity index (χ1n) is 2.99. The van der Waals surface area contributed by atoms with E-state index in [1.54, 1.807) is 0 Å². The van der Waals surface area contributed by atoms with Gasteiger partial charge in [0.15, 0.2) is 0 Å². The van der Waals surface area contributed by atoms with E-state index in [1.807, 2.05) is 7.05 Å². The molecule has 1 unspecified atom stereocenters. The van der Waals surface area contributed by atoms with Gasteiger partial charge in [0.2, 0.25) is 0 Å². The minimum Gasteiger partial charge on any atom is -0.318 e. The molecule has 0 heterocycles. The fraction of sp³-hybridized carbons (Fsp3) is 1.00. The molecule has 1 N–H and O–H groups in total. The van der Waals surface area contributed by atoms with Crippen LogP contribution in [0.5, 0.6) is 0 Å². The molecule has 1 atom stereocenters. The maximum absolute atomic E-state index is 5.17. The summed E-state index contributed by atoms with van der Waals surface area (Å²) < 4.78 is 0.282. The second kappa shape index (κ2) is 3.64. The minimum absolute atomic E-state index is 0.0950. The van der Waals surface area contributed by atoms with Gasteiger partial charge in [0, 0.05) is 11.3 Å². The van der Waals surface area contributed by atoms with Crippen LogP contribution >= 0.6 is 0 Å². The van der Waals surface area contributed by atoms with Crippen molar-refractivity contribution in [3.05, 3.63) is 0 Å². The van der Waals surface area contributed by atoms with E-state index in [-0.39, 0.29) is 14.2 Å². The lowest BCUT2D eigenvalue weighted by molar-refractivity contribution is 0.641. The average molecular weight is 165 g/mol. The van der Waals surface area contributed by atoms with Crippen LogP contribution in [0.4, 0.5) is 0 Å². The summed E-state index contributed by atoms with van der Waals surface area (Å²) in [6.07, 6.45) is 2.10. The monoisotopic (exact) mass is 165 g/mol. The quantitative estimate of drug-likeness (QED) is 0.660. The van der Waals surface area contributed by atoms with Gasteiger partial charge in [-0.05, 0) is 27.2 Å². The summed E-state index contributed by atoms with van der Waals surface area (Å²) in [6.45, 7) is 5.40. The van der Waals surface area contributed by atoms with Crippen LogP contribution in [0.1, 0.15) is 13.8 Å². The third-order valence-corrected chi connectivity index (χ3v) is 4.43. The molecular formula is C6H15NS2. The van der Waals surface area contributed by atoms with Crippen LogP contribution in [0.2, 0.25) is 0 Å². The summed E-state index contributed by atoms with van der Waals surface area (Å²) in [7, 11) is 2.06. The number of hydrogen-bond donors (Lipinski definition) is 1. The Morgan fingerprint density at radius 3 is 2.11 bits per heavy atom. The van der Waals surface area contributed by atoms with Crippen LogP contribution in [-0.2, 0) is 20.6 Å². The Bertz CT molecular complexity index is 110. The third kappa shape index (κ3) is 3.28. The fourth-order valence-electron chi connectivity index (χ4n) is 0.527. The molecule has 0 aromatic carbocycles. The summed E-state index contributed by atoms with van der Waals surface area (Å²) in [5, 5.41) is 3.13. The van der Waals surface area contributed by atoms with E-state index in [4.69, 9.17) is 11.2 Å². The summed E-state index contributed by atoms with van der Waals surface area (Å²) in [6, 6.07) is 0. The molecule has 0 amide bonds. The van der Waals surface area contributed by atoms with Crippen molar-refractivity contribution >= 4 is 20.6 Å². The van der Waals surface area contributed by atoms with Crippen LogP contribution in [0.25, 0.3) is 0 Å². The van der Waals surface area contributed by atoms with Crippen LogP contribution in [0, 0.1) is 0 Å². The maximum Gasteiger partial charge on any atom is 0.0271 e. The zero-order chi connectivity index (χ0) is 7.49. The van der Waals surface area contributed by atoms with E-state index in [2.05, 4.69) is 25.4 Å². The fourth-order valence-corrected chi connectivity index (χ4v) is 1.05. The van der Waals surface area contributed by atoms with E-state index in [1.165, 1.54) is 0 Å². The Balaban J connectivity index is 3.85. The predicted octanol–water partition coefficient (Wildman–Crippen LogP) is 0.694. The molecule has 0 aromatic rings. The molecule has 0 aliphatic rings. The molecule has 0 fully saturated rings. The Morgan fingerprint density at radius 2 is 2.00 bits per heavy atom. The zero-order valence-corrected chi connectivity index (χ0v) is 8.16. The number of rotatable bonds is 3. The summed E-state index contributed by atoms with van der Waals surface area (Å²) in [5.41, 5.74) is 0. The van der Waals surface area contributed by atoms with Crippen LogP contribution in [-0.4, -0.2) is 24.6 Å². The van der Waals surface area contributed by atoms with Gasteiger partial charge in [-0.3, -0.25) is 0 Å². The van der Waals surface area contributed by atoms with Crippen molar-refractivity contribution in [3.63, 3.8) is 0 Å². The average Bonchev–Trinajstić information content (AvgIpc) is 1.65. The highest BCUT2D eigenvalue weighted by atomic mass is 32.8. The molecule has 9 heavy (non-hydrogen) atoms. The smallest absolute Gasteiger partial charge is 0.0271 e. The normalized spacial score (nSPS) is 15.6. The summed E-state index contributed by atoms with van der Waals surface area (Å²) >= 11 is 5.17. The van der Waals surface area contributed by atoms with Crippen LogP contribution in [0.3, 0.4) is 0 Å². The van der Waals surface area contributed by atoms with Crippen molar-refractivity contribution in [2.45, 2.75) is 18.6 Å². The van der Waals surface area contributed by atoms with Gasteiger partial charge < -0.3 is 5.32 Å². The van der Waals surface area contributed by atoms with Gasteiger partial charge in [0.05, 0.1) is 0 Å². The van der Waals surface area contributed by atoms with Crippen LogP contribution in [0.15, 0.2) is 0 Å². The van der Waals surface area contributed by atoms with Gasteiger partial charge in [-0.2, -0.15) is 0 Å². The second-order valence-electron chi connectivity index (χ2n) is 2.74. The lowest BCUT2D eigenvalue weighted by Crippen LogP contribution is -2.36. The Hall–Kier alpha value is 0.530. The Labute approximate surface area is 64.8 Å². The van der Waals surface area contributed by atoms with E-state index >= 15 is 0 Å². The van der Waals surface area contributed by atoms with E-state index in [0.29, 0.717) is 0 Å². The summed E-state index contributed by atoms with van der Waals surface area (Å²) in [4.78, 5) is 0. The van der Waals surface area contributed by atoms with Gasteiger partial charge >= 0.3 is 0 Å². The molecule has 0 aromatic heterocycles. The SMILES string of the molecule is CNCC(C)(C)S(C)=S. The molecule has 0 saturated carbocycles. The van der Waals surface area contributed by atoms with E-state index < -0.39 is 0 Å². The maximum atomic E-state index is 5.17. The standard InChI is InChI=1S/C6H15NS2/c1-6(2,5-7-3)9(4)8/h7H,5H2,1-4H3. The topological polar surface area (TPSA) is 12.0 Å². The molecule has 0 rings (SSSR count). The van der Waals surface area contributed by atoms with E-state index in [0.717, 1.165) is 6.54 Å². The molecule has 0 saturated heterocycles. The van der Waals surface area contributed by atoms with Gasteiger partial charge in [0.25, 0.3) is 0 Å². The number of nitrogens with one attached hydrogen (secondary N) is 1. The van der Waals surface area contributed by atoms with Gasteiger partial charge in [0.1, 0.15) is 0 Å². The minimum atomic E-state index is 0.0950. The largest absolute Gasteiger partial charge is 0.318 e. The molecule has 0 aliphatic carbocycles. The van der Waals surface area contributed by atoms with Crippen molar-refractivity contribution in [1.29, 1.82) is 0 Å². The molecule has 0 bridgehead atoms. The highest BCUT2D eigenvalue weighted by Crippen LogP contribution is 2.08. The molecule has 3 heteroatoms. The summed E-state index contributed by atoms with van der Waals surface area (Å²) in [5.74, 6) is 0. The molecule has 0 spiro atoms. The lowest BCUT2D eigenvalue weighted by atomic mass is 10.2. The molecule has 0 radical (unpaired) electrons.